The van der Waals surface area contributed by atoms with E-state index < -0.39 is 10.0 Å². The second-order valence-electron chi connectivity index (χ2n) is 4.36. The highest BCUT2D eigenvalue weighted by Crippen LogP contribution is 2.32. The van der Waals surface area contributed by atoms with Gasteiger partial charge in [-0.2, -0.15) is 0 Å². The average molecular weight is 391 g/mol. The Hall–Kier alpha value is -1.09. The molecule has 0 bridgehead atoms. The number of anilines is 1. The zero-order valence-corrected chi connectivity index (χ0v) is 14.7. The number of thiophene rings is 1. The molecule has 0 amide bonds. The van der Waals surface area contributed by atoms with E-state index >= 15 is 0 Å². The number of methoxy groups -OCH3 is 1. The molecular formula is C13H15BrN2O3S2. The molecule has 0 radical (unpaired) electrons. The minimum absolute atomic E-state index is 0.0268. The first-order chi connectivity index (χ1) is 9.83. The second kappa shape index (κ2) is 6.35. The highest BCUT2D eigenvalue weighted by atomic mass is 79.9. The number of nitrogen functional groups attached to an aromatic ring is 1. The lowest BCUT2D eigenvalue weighted by molar-refractivity contribution is 0.402. The zero-order valence-electron chi connectivity index (χ0n) is 11.5. The summed E-state index contributed by atoms with van der Waals surface area (Å²) in [5, 5.41) is 0. The summed E-state index contributed by atoms with van der Waals surface area (Å²) in [4.78, 5) is 2.11. The van der Waals surface area contributed by atoms with Crippen LogP contribution in [0.4, 0.5) is 5.69 Å². The molecule has 0 aliphatic rings. The maximum absolute atomic E-state index is 12.4. The van der Waals surface area contributed by atoms with Gasteiger partial charge in [-0.1, -0.05) is 0 Å². The second-order valence-corrected chi connectivity index (χ2v) is 8.32. The number of ether oxygens (including phenoxy) is 1. The molecule has 1 aromatic carbocycles. The van der Waals surface area contributed by atoms with Gasteiger partial charge in [-0.15, -0.1) is 11.3 Å². The minimum atomic E-state index is -3.70. The Morgan fingerprint density at radius 1 is 1.38 bits per heavy atom. The number of nitrogens with one attached hydrogen (secondary N) is 1. The van der Waals surface area contributed by atoms with Crippen LogP contribution in [0.2, 0.25) is 0 Å². The molecule has 0 aliphatic heterocycles. The van der Waals surface area contributed by atoms with Crippen molar-refractivity contribution in [1.29, 1.82) is 0 Å². The van der Waals surface area contributed by atoms with Crippen molar-refractivity contribution in [2.24, 2.45) is 0 Å². The fourth-order valence-electron chi connectivity index (χ4n) is 1.74. The molecule has 1 aromatic heterocycles. The molecular weight excluding hydrogens is 376 g/mol. The van der Waals surface area contributed by atoms with Crippen LogP contribution in [0, 0.1) is 6.92 Å². The van der Waals surface area contributed by atoms with Crippen molar-refractivity contribution >= 4 is 43.0 Å². The molecule has 8 heteroatoms. The molecule has 0 aliphatic carbocycles. The standard InChI is InChI=1S/C13H15BrN2O3S2/c1-8-3-4-9(20-8)7-16-21(17,18)13-6-11(15)10(14)5-12(13)19-2/h3-6,16H,7,15H2,1-2H3. The molecule has 2 rings (SSSR count). The topological polar surface area (TPSA) is 81.4 Å². The SMILES string of the molecule is COc1cc(Br)c(N)cc1S(=O)(=O)NCc1ccc(C)s1. The summed E-state index contributed by atoms with van der Waals surface area (Å²) in [6.45, 7) is 2.21. The lowest BCUT2D eigenvalue weighted by Gasteiger charge is -2.12. The molecule has 0 saturated heterocycles. The lowest BCUT2D eigenvalue weighted by Crippen LogP contribution is -2.23. The maximum atomic E-state index is 12.4. The Morgan fingerprint density at radius 2 is 2.10 bits per heavy atom. The van der Waals surface area contributed by atoms with E-state index in [1.165, 1.54) is 13.2 Å². The van der Waals surface area contributed by atoms with Gasteiger partial charge in [0.25, 0.3) is 0 Å². The normalized spacial score (nSPS) is 11.6. The molecule has 2 aromatic rings. The van der Waals surface area contributed by atoms with E-state index in [9.17, 15) is 8.42 Å². The van der Waals surface area contributed by atoms with Crippen LogP contribution in [-0.2, 0) is 16.6 Å². The number of benzene rings is 1. The third kappa shape index (κ3) is 3.76. The summed E-state index contributed by atoms with van der Waals surface area (Å²) in [5.41, 5.74) is 6.10. The smallest absolute Gasteiger partial charge is 0.244 e. The van der Waals surface area contributed by atoms with Gasteiger partial charge < -0.3 is 10.5 Å². The van der Waals surface area contributed by atoms with Gasteiger partial charge >= 0.3 is 0 Å². The molecule has 5 nitrogen and oxygen atoms in total. The predicted octanol–water partition coefficient (Wildman–Crippen LogP) is 2.89. The van der Waals surface area contributed by atoms with Crippen LogP contribution in [0.5, 0.6) is 5.75 Å². The molecule has 0 atom stereocenters. The molecule has 0 spiro atoms. The average Bonchev–Trinajstić information content (AvgIpc) is 2.85. The molecule has 0 fully saturated rings. The largest absolute Gasteiger partial charge is 0.495 e. The van der Waals surface area contributed by atoms with E-state index in [0.29, 0.717) is 10.2 Å². The van der Waals surface area contributed by atoms with Crippen molar-refractivity contribution in [1.82, 2.24) is 4.72 Å². The van der Waals surface area contributed by atoms with E-state index in [-0.39, 0.29) is 17.2 Å². The van der Waals surface area contributed by atoms with Gasteiger partial charge in [0.2, 0.25) is 10.0 Å². The zero-order chi connectivity index (χ0) is 15.6. The van der Waals surface area contributed by atoms with Gasteiger partial charge in [0, 0.05) is 26.5 Å². The predicted molar refractivity (Wildman–Crippen MR) is 88.2 cm³/mol. The molecule has 0 unspecified atom stereocenters. The number of hydrogen-bond donors (Lipinski definition) is 2. The van der Waals surface area contributed by atoms with Crippen LogP contribution < -0.4 is 15.2 Å². The summed E-state index contributed by atoms with van der Waals surface area (Å²) >= 11 is 4.80. The molecule has 1 heterocycles. The Morgan fingerprint density at radius 3 is 2.67 bits per heavy atom. The minimum Gasteiger partial charge on any atom is -0.495 e. The summed E-state index contributed by atoms with van der Waals surface area (Å²) in [5.74, 6) is 0.242. The van der Waals surface area contributed by atoms with Gasteiger partial charge in [-0.3, -0.25) is 0 Å². The molecule has 114 valence electrons. The van der Waals surface area contributed by atoms with Crippen molar-refractivity contribution in [2.75, 3.05) is 12.8 Å². The first-order valence-electron chi connectivity index (χ1n) is 6.01. The number of aryl methyl sites for hydroxylation is 1. The van der Waals surface area contributed by atoms with Crippen LogP contribution in [0.25, 0.3) is 0 Å². The van der Waals surface area contributed by atoms with Gasteiger partial charge in [0.05, 0.1) is 7.11 Å². The van der Waals surface area contributed by atoms with E-state index in [0.717, 1.165) is 9.75 Å². The van der Waals surface area contributed by atoms with Gasteiger partial charge in [-0.05, 0) is 47.1 Å². The number of halogens is 1. The summed E-state index contributed by atoms with van der Waals surface area (Å²) in [7, 11) is -2.28. The summed E-state index contributed by atoms with van der Waals surface area (Å²) in [6.07, 6.45) is 0. The van der Waals surface area contributed by atoms with Crippen molar-refractivity contribution < 1.29 is 13.2 Å². The van der Waals surface area contributed by atoms with Crippen LogP contribution in [-0.4, -0.2) is 15.5 Å². The van der Waals surface area contributed by atoms with Crippen LogP contribution >= 0.6 is 27.3 Å². The number of nitrogens with two attached hydrogens (primary N) is 1. The number of sulfonamides is 1. The van der Waals surface area contributed by atoms with Crippen molar-refractivity contribution in [3.63, 3.8) is 0 Å². The van der Waals surface area contributed by atoms with Gasteiger partial charge in [-0.25, -0.2) is 13.1 Å². The molecule has 0 saturated carbocycles. The van der Waals surface area contributed by atoms with Crippen molar-refractivity contribution in [3.8, 4) is 5.75 Å². The fourth-order valence-corrected chi connectivity index (χ4v) is 4.18. The third-order valence-corrected chi connectivity index (χ3v) is 5.91. The fraction of sp³-hybridized carbons (Fsp3) is 0.231. The number of hydrogen-bond acceptors (Lipinski definition) is 5. The van der Waals surface area contributed by atoms with Gasteiger partial charge in [0.15, 0.2) is 0 Å². The monoisotopic (exact) mass is 390 g/mol. The Balaban J connectivity index is 2.28. The molecule has 3 N–H and O–H groups in total. The maximum Gasteiger partial charge on any atom is 0.244 e. The van der Waals surface area contributed by atoms with E-state index in [1.807, 2.05) is 19.1 Å². The van der Waals surface area contributed by atoms with E-state index in [2.05, 4.69) is 20.7 Å². The molecule has 21 heavy (non-hydrogen) atoms. The first-order valence-corrected chi connectivity index (χ1v) is 9.11. The third-order valence-electron chi connectivity index (χ3n) is 2.80. The Bertz CT molecular complexity index is 757. The van der Waals surface area contributed by atoms with E-state index in [1.54, 1.807) is 17.4 Å². The Labute approximate surface area is 136 Å². The lowest BCUT2D eigenvalue weighted by atomic mass is 10.3. The van der Waals surface area contributed by atoms with Crippen LogP contribution in [0.3, 0.4) is 0 Å². The van der Waals surface area contributed by atoms with Crippen molar-refractivity contribution in [2.45, 2.75) is 18.4 Å². The highest BCUT2D eigenvalue weighted by Gasteiger charge is 2.21. The van der Waals surface area contributed by atoms with Crippen LogP contribution in [0.1, 0.15) is 9.75 Å². The summed E-state index contributed by atoms with van der Waals surface area (Å²) in [6, 6.07) is 6.77. The Kier molecular flexibility index (Phi) is 4.92. The van der Waals surface area contributed by atoms with Crippen molar-refractivity contribution in [3.05, 3.63) is 38.5 Å². The van der Waals surface area contributed by atoms with Gasteiger partial charge in [0.1, 0.15) is 10.6 Å². The number of rotatable bonds is 5. The van der Waals surface area contributed by atoms with Crippen LogP contribution in [0.15, 0.2) is 33.6 Å². The van der Waals surface area contributed by atoms with E-state index in [4.69, 9.17) is 10.5 Å². The highest BCUT2D eigenvalue weighted by molar-refractivity contribution is 9.10. The summed E-state index contributed by atoms with van der Waals surface area (Å²) < 4.78 is 33.1. The quantitative estimate of drug-likeness (QED) is 0.768. The first kappa shape index (κ1) is 16.3.